The Morgan fingerprint density at radius 1 is 1.35 bits per heavy atom. The van der Waals surface area contributed by atoms with E-state index < -0.39 is 0 Å². The molecule has 2 heteroatoms. The van der Waals surface area contributed by atoms with Crippen molar-refractivity contribution in [1.82, 2.24) is 5.32 Å². The largest absolute Gasteiger partial charge is 0.508 e. The van der Waals surface area contributed by atoms with Gasteiger partial charge in [-0.3, -0.25) is 0 Å². The SMILES string of the molecule is CCC(Cc1cccc(O)c1)NC1CCCC1. The summed E-state index contributed by atoms with van der Waals surface area (Å²) in [4.78, 5) is 0. The lowest BCUT2D eigenvalue weighted by molar-refractivity contribution is 0.416. The van der Waals surface area contributed by atoms with Gasteiger partial charge in [0, 0.05) is 12.1 Å². The minimum Gasteiger partial charge on any atom is -0.508 e. The highest BCUT2D eigenvalue weighted by Gasteiger charge is 2.18. The molecule has 2 rings (SSSR count). The Morgan fingerprint density at radius 3 is 2.76 bits per heavy atom. The third-order valence-electron chi connectivity index (χ3n) is 3.71. The molecule has 94 valence electrons. The molecular formula is C15H23NO. The van der Waals surface area contributed by atoms with Crippen molar-refractivity contribution in [2.45, 2.75) is 57.5 Å². The molecule has 0 heterocycles. The van der Waals surface area contributed by atoms with Gasteiger partial charge >= 0.3 is 0 Å². The van der Waals surface area contributed by atoms with Gasteiger partial charge in [-0.15, -0.1) is 0 Å². The predicted molar refractivity (Wildman–Crippen MR) is 71.3 cm³/mol. The van der Waals surface area contributed by atoms with Crippen molar-refractivity contribution in [3.8, 4) is 5.75 Å². The molecule has 17 heavy (non-hydrogen) atoms. The van der Waals surface area contributed by atoms with E-state index in [0.29, 0.717) is 11.8 Å². The number of rotatable bonds is 5. The van der Waals surface area contributed by atoms with E-state index in [1.54, 1.807) is 6.07 Å². The maximum absolute atomic E-state index is 9.46. The van der Waals surface area contributed by atoms with Gasteiger partial charge in [0.05, 0.1) is 0 Å². The first-order valence-corrected chi connectivity index (χ1v) is 6.82. The van der Waals surface area contributed by atoms with Gasteiger partial charge in [-0.1, -0.05) is 31.9 Å². The first kappa shape index (κ1) is 12.4. The zero-order chi connectivity index (χ0) is 12.1. The molecule has 0 amide bonds. The minimum absolute atomic E-state index is 0.373. The minimum atomic E-state index is 0.373. The maximum Gasteiger partial charge on any atom is 0.115 e. The summed E-state index contributed by atoms with van der Waals surface area (Å²) in [5.74, 6) is 0.373. The van der Waals surface area contributed by atoms with E-state index in [1.807, 2.05) is 12.1 Å². The quantitative estimate of drug-likeness (QED) is 0.818. The number of phenols is 1. The van der Waals surface area contributed by atoms with Gasteiger partial charge in [0.1, 0.15) is 5.75 Å². The molecule has 0 aromatic heterocycles. The summed E-state index contributed by atoms with van der Waals surface area (Å²) in [6.45, 7) is 2.23. The zero-order valence-electron chi connectivity index (χ0n) is 10.7. The molecule has 0 bridgehead atoms. The van der Waals surface area contributed by atoms with E-state index in [4.69, 9.17) is 0 Å². The summed E-state index contributed by atoms with van der Waals surface area (Å²) < 4.78 is 0. The Morgan fingerprint density at radius 2 is 2.12 bits per heavy atom. The lowest BCUT2D eigenvalue weighted by Crippen LogP contribution is -2.37. The topological polar surface area (TPSA) is 32.3 Å². The highest BCUT2D eigenvalue weighted by molar-refractivity contribution is 5.27. The molecule has 2 nitrogen and oxygen atoms in total. The van der Waals surface area contributed by atoms with Crippen LogP contribution in [0.4, 0.5) is 0 Å². The van der Waals surface area contributed by atoms with Crippen LogP contribution in [0.3, 0.4) is 0 Å². The summed E-state index contributed by atoms with van der Waals surface area (Å²) in [7, 11) is 0. The van der Waals surface area contributed by atoms with Crippen LogP contribution in [0, 0.1) is 0 Å². The fourth-order valence-corrected chi connectivity index (χ4v) is 2.71. The van der Waals surface area contributed by atoms with Crippen LogP contribution < -0.4 is 5.32 Å². The molecule has 1 saturated carbocycles. The molecule has 0 aliphatic heterocycles. The van der Waals surface area contributed by atoms with Crippen molar-refractivity contribution in [2.24, 2.45) is 0 Å². The van der Waals surface area contributed by atoms with Crippen molar-refractivity contribution < 1.29 is 5.11 Å². The third-order valence-corrected chi connectivity index (χ3v) is 3.71. The highest BCUT2D eigenvalue weighted by atomic mass is 16.3. The van der Waals surface area contributed by atoms with E-state index in [-0.39, 0.29) is 0 Å². The standard InChI is InChI=1S/C15H23NO/c1-2-13(16-14-7-3-4-8-14)10-12-6-5-9-15(17)11-12/h5-6,9,11,13-14,16-17H,2-4,7-8,10H2,1H3. The highest BCUT2D eigenvalue weighted by Crippen LogP contribution is 2.20. The van der Waals surface area contributed by atoms with Gasteiger partial charge in [0.2, 0.25) is 0 Å². The van der Waals surface area contributed by atoms with Gasteiger partial charge < -0.3 is 10.4 Å². The fraction of sp³-hybridized carbons (Fsp3) is 0.600. The first-order valence-electron chi connectivity index (χ1n) is 6.82. The molecule has 1 aliphatic carbocycles. The summed E-state index contributed by atoms with van der Waals surface area (Å²) in [5.41, 5.74) is 1.22. The molecule has 1 aromatic rings. The smallest absolute Gasteiger partial charge is 0.115 e. The summed E-state index contributed by atoms with van der Waals surface area (Å²) >= 11 is 0. The summed E-state index contributed by atoms with van der Waals surface area (Å²) in [5, 5.41) is 13.2. The Bertz CT molecular complexity index is 345. The number of phenolic OH excluding ortho intramolecular Hbond substituents is 1. The van der Waals surface area contributed by atoms with Crippen LogP contribution >= 0.6 is 0 Å². The number of hydrogen-bond acceptors (Lipinski definition) is 2. The van der Waals surface area contributed by atoms with E-state index >= 15 is 0 Å². The van der Waals surface area contributed by atoms with Crippen LogP contribution in [0.2, 0.25) is 0 Å². The van der Waals surface area contributed by atoms with Gasteiger partial charge in [-0.25, -0.2) is 0 Å². The molecule has 1 unspecified atom stereocenters. The zero-order valence-corrected chi connectivity index (χ0v) is 10.7. The number of hydrogen-bond donors (Lipinski definition) is 2. The van der Waals surface area contributed by atoms with Crippen molar-refractivity contribution in [3.05, 3.63) is 29.8 Å². The number of aromatic hydroxyl groups is 1. The Kier molecular flexibility index (Phi) is 4.43. The molecule has 1 atom stereocenters. The molecule has 0 radical (unpaired) electrons. The molecule has 1 fully saturated rings. The van der Waals surface area contributed by atoms with Crippen LogP contribution in [-0.4, -0.2) is 17.2 Å². The molecule has 1 aliphatic rings. The molecule has 0 spiro atoms. The van der Waals surface area contributed by atoms with E-state index in [9.17, 15) is 5.11 Å². The van der Waals surface area contributed by atoms with Gasteiger partial charge in [-0.05, 0) is 43.4 Å². The number of benzene rings is 1. The lowest BCUT2D eigenvalue weighted by Gasteiger charge is -2.21. The van der Waals surface area contributed by atoms with Crippen LogP contribution in [0.15, 0.2) is 24.3 Å². The van der Waals surface area contributed by atoms with Gasteiger partial charge in [0.15, 0.2) is 0 Å². The second-order valence-corrected chi connectivity index (χ2v) is 5.13. The van der Waals surface area contributed by atoms with Crippen LogP contribution in [0.5, 0.6) is 5.75 Å². The monoisotopic (exact) mass is 233 g/mol. The van der Waals surface area contributed by atoms with Gasteiger partial charge in [0.25, 0.3) is 0 Å². The van der Waals surface area contributed by atoms with Crippen molar-refractivity contribution in [2.75, 3.05) is 0 Å². The van der Waals surface area contributed by atoms with E-state index in [1.165, 1.54) is 31.2 Å². The lowest BCUT2D eigenvalue weighted by atomic mass is 10.0. The Labute approximate surface area is 104 Å². The Balaban J connectivity index is 1.90. The molecule has 1 aromatic carbocycles. The van der Waals surface area contributed by atoms with Crippen molar-refractivity contribution in [1.29, 1.82) is 0 Å². The fourth-order valence-electron chi connectivity index (χ4n) is 2.71. The second-order valence-electron chi connectivity index (χ2n) is 5.13. The van der Waals surface area contributed by atoms with Gasteiger partial charge in [-0.2, -0.15) is 0 Å². The Hall–Kier alpha value is -1.02. The molecule has 0 saturated heterocycles. The molecule has 2 N–H and O–H groups in total. The first-order chi connectivity index (χ1) is 8.28. The number of nitrogens with one attached hydrogen (secondary N) is 1. The third kappa shape index (κ3) is 3.74. The van der Waals surface area contributed by atoms with E-state index in [0.717, 1.165) is 18.9 Å². The second kappa shape index (κ2) is 6.06. The van der Waals surface area contributed by atoms with Crippen LogP contribution in [0.25, 0.3) is 0 Å². The average Bonchev–Trinajstić information content (AvgIpc) is 2.81. The maximum atomic E-state index is 9.46. The normalized spacial score (nSPS) is 18.4. The van der Waals surface area contributed by atoms with Crippen LogP contribution in [0.1, 0.15) is 44.6 Å². The van der Waals surface area contributed by atoms with Crippen molar-refractivity contribution >= 4 is 0 Å². The molecular weight excluding hydrogens is 210 g/mol. The predicted octanol–water partition coefficient (Wildman–Crippen LogP) is 3.25. The average molecular weight is 233 g/mol. The van der Waals surface area contributed by atoms with E-state index in [2.05, 4.69) is 18.3 Å². The van der Waals surface area contributed by atoms with Crippen molar-refractivity contribution in [3.63, 3.8) is 0 Å². The summed E-state index contributed by atoms with van der Waals surface area (Å²) in [6.07, 6.45) is 7.57. The summed E-state index contributed by atoms with van der Waals surface area (Å²) in [6, 6.07) is 8.89. The van der Waals surface area contributed by atoms with Crippen LogP contribution in [-0.2, 0) is 6.42 Å².